The van der Waals surface area contributed by atoms with E-state index in [0.29, 0.717) is 37.6 Å². The van der Waals surface area contributed by atoms with E-state index in [1.807, 2.05) is 36.4 Å². The fraction of sp³-hybridized carbons (Fsp3) is 0.0278. The summed E-state index contributed by atoms with van der Waals surface area (Å²) in [7, 11) is 0. The van der Waals surface area contributed by atoms with Crippen molar-refractivity contribution in [1.82, 2.24) is 5.32 Å². The Morgan fingerprint density at radius 3 is 2.00 bits per heavy atom. The Labute approximate surface area is 285 Å². The van der Waals surface area contributed by atoms with Crippen LogP contribution in [0.4, 0.5) is 11.4 Å². The van der Waals surface area contributed by atoms with Crippen LogP contribution in [0.25, 0.3) is 6.08 Å². The normalized spacial score (nSPS) is 11.8. The number of anilines is 2. The molecule has 0 fully saturated rings. The summed E-state index contributed by atoms with van der Waals surface area (Å²) in [6.07, 6.45) is 1.55. The van der Waals surface area contributed by atoms with Crippen LogP contribution in [-0.2, 0) is 9.59 Å². The second kappa shape index (κ2) is 15.7. The SMILES string of the molecule is O=C(Nc1cccc(SC(C(=O)Nc2cc(Cl)cc(Cl)c2)c2ccccc2)c1)/C(=C/c1cccc(Cl)c1)NC(=O)c1ccccc1. The number of rotatable bonds is 10. The molecule has 5 aromatic carbocycles. The first-order valence-electron chi connectivity index (χ1n) is 14.0. The molecule has 6 nitrogen and oxygen atoms in total. The number of carbonyl (C=O) groups excluding carboxylic acids is 3. The Hall–Kier alpha value is -4.53. The van der Waals surface area contributed by atoms with E-state index in [1.54, 1.807) is 97.1 Å². The van der Waals surface area contributed by atoms with Crippen molar-refractivity contribution < 1.29 is 14.4 Å². The highest BCUT2D eigenvalue weighted by atomic mass is 35.5. The zero-order valence-electron chi connectivity index (χ0n) is 24.0. The van der Waals surface area contributed by atoms with Crippen LogP contribution in [0.1, 0.15) is 26.7 Å². The summed E-state index contributed by atoms with van der Waals surface area (Å²) in [5.41, 5.74) is 2.78. The number of hydrogen-bond acceptors (Lipinski definition) is 4. The lowest BCUT2D eigenvalue weighted by atomic mass is 10.1. The molecule has 0 aliphatic rings. The summed E-state index contributed by atoms with van der Waals surface area (Å²) in [4.78, 5) is 40.9. The standard InChI is InChI=1S/C36H26Cl3N3O3S/c37-26-14-7-9-23(17-26)18-32(42-34(43)25-12-5-2-6-13-25)35(44)40-29-15-8-16-31(22-29)46-33(24-10-3-1-4-11-24)36(45)41-30-20-27(38)19-28(39)21-30/h1-22,33H,(H,40,44)(H,41,45)(H,42,43)/b32-18-. The van der Waals surface area contributed by atoms with Crippen molar-refractivity contribution in [3.63, 3.8) is 0 Å². The van der Waals surface area contributed by atoms with Gasteiger partial charge in [-0.25, -0.2) is 0 Å². The Morgan fingerprint density at radius 2 is 1.30 bits per heavy atom. The molecule has 0 heterocycles. The summed E-state index contributed by atoms with van der Waals surface area (Å²) >= 11 is 19.8. The van der Waals surface area contributed by atoms with E-state index in [0.717, 1.165) is 10.5 Å². The minimum absolute atomic E-state index is 0.0240. The number of thioether (sulfide) groups is 1. The third kappa shape index (κ3) is 9.25. The molecular formula is C36H26Cl3N3O3S. The van der Waals surface area contributed by atoms with E-state index in [4.69, 9.17) is 34.8 Å². The predicted octanol–water partition coefficient (Wildman–Crippen LogP) is 9.53. The largest absolute Gasteiger partial charge is 0.325 e. The topological polar surface area (TPSA) is 87.3 Å². The van der Waals surface area contributed by atoms with Crippen LogP contribution in [-0.4, -0.2) is 17.7 Å². The highest BCUT2D eigenvalue weighted by Crippen LogP contribution is 2.37. The average molecular weight is 687 g/mol. The van der Waals surface area contributed by atoms with Crippen LogP contribution in [0.2, 0.25) is 15.1 Å². The van der Waals surface area contributed by atoms with E-state index >= 15 is 0 Å². The van der Waals surface area contributed by atoms with Crippen molar-refractivity contribution in [2.45, 2.75) is 10.1 Å². The summed E-state index contributed by atoms with van der Waals surface area (Å²) in [5.74, 6) is -1.26. The molecule has 230 valence electrons. The van der Waals surface area contributed by atoms with Gasteiger partial charge in [0.2, 0.25) is 5.91 Å². The number of nitrogens with one attached hydrogen (secondary N) is 3. The van der Waals surface area contributed by atoms with Crippen molar-refractivity contribution in [3.05, 3.63) is 165 Å². The maximum atomic E-state index is 13.6. The van der Waals surface area contributed by atoms with Gasteiger partial charge in [-0.3, -0.25) is 14.4 Å². The van der Waals surface area contributed by atoms with Gasteiger partial charge in [-0.2, -0.15) is 0 Å². The van der Waals surface area contributed by atoms with Gasteiger partial charge in [0, 0.05) is 36.9 Å². The molecule has 0 spiro atoms. The zero-order valence-corrected chi connectivity index (χ0v) is 27.1. The number of hydrogen-bond donors (Lipinski definition) is 3. The third-order valence-corrected chi connectivity index (χ3v) is 8.42. The van der Waals surface area contributed by atoms with Crippen LogP contribution in [0.3, 0.4) is 0 Å². The lowest BCUT2D eigenvalue weighted by Crippen LogP contribution is -2.30. The van der Waals surface area contributed by atoms with Gasteiger partial charge in [0.1, 0.15) is 10.9 Å². The molecule has 0 aliphatic carbocycles. The molecule has 0 bridgehead atoms. The second-order valence-corrected chi connectivity index (χ2v) is 12.5. The molecule has 1 atom stereocenters. The average Bonchev–Trinajstić information content (AvgIpc) is 3.04. The lowest BCUT2D eigenvalue weighted by molar-refractivity contribution is -0.116. The van der Waals surface area contributed by atoms with Crippen molar-refractivity contribution in [3.8, 4) is 0 Å². The molecular weight excluding hydrogens is 661 g/mol. The van der Waals surface area contributed by atoms with Gasteiger partial charge in [-0.1, -0.05) is 102 Å². The first kappa shape index (κ1) is 32.9. The van der Waals surface area contributed by atoms with Gasteiger partial charge in [0.15, 0.2) is 0 Å². The van der Waals surface area contributed by atoms with Crippen molar-refractivity contribution >= 4 is 81.7 Å². The fourth-order valence-corrected chi connectivity index (χ4v) is 6.23. The third-order valence-electron chi connectivity index (χ3n) is 6.50. The number of halogens is 3. The minimum atomic E-state index is -0.645. The van der Waals surface area contributed by atoms with Crippen LogP contribution in [0.15, 0.2) is 138 Å². The van der Waals surface area contributed by atoms with E-state index in [9.17, 15) is 14.4 Å². The zero-order chi connectivity index (χ0) is 32.5. The van der Waals surface area contributed by atoms with Gasteiger partial charge in [0.25, 0.3) is 11.8 Å². The molecule has 0 aliphatic heterocycles. The molecule has 0 radical (unpaired) electrons. The number of carbonyl (C=O) groups is 3. The van der Waals surface area contributed by atoms with Gasteiger partial charge in [-0.05, 0) is 77.9 Å². The van der Waals surface area contributed by atoms with Crippen LogP contribution in [0, 0.1) is 0 Å². The highest BCUT2D eigenvalue weighted by molar-refractivity contribution is 8.00. The van der Waals surface area contributed by atoms with E-state index < -0.39 is 17.1 Å². The number of amides is 3. The molecule has 1 unspecified atom stereocenters. The van der Waals surface area contributed by atoms with Crippen LogP contribution in [0.5, 0.6) is 0 Å². The maximum Gasteiger partial charge on any atom is 0.272 e. The molecule has 0 saturated heterocycles. The molecule has 3 amide bonds. The molecule has 5 rings (SSSR count). The quantitative estimate of drug-likeness (QED) is 0.101. The van der Waals surface area contributed by atoms with Crippen molar-refractivity contribution in [2.24, 2.45) is 0 Å². The van der Waals surface area contributed by atoms with Crippen molar-refractivity contribution in [1.29, 1.82) is 0 Å². The van der Waals surface area contributed by atoms with E-state index in [2.05, 4.69) is 16.0 Å². The Kier molecular flexibility index (Phi) is 11.2. The molecule has 0 saturated carbocycles. The fourth-order valence-electron chi connectivity index (χ4n) is 4.42. The van der Waals surface area contributed by atoms with Crippen LogP contribution >= 0.6 is 46.6 Å². The molecule has 46 heavy (non-hydrogen) atoms. The van der Waals surface area contributed by atoms with Crippen LogP contribution < -0.4 is 16.0 Å². The molecule has 10 heteroatoms. The summed E-state index contributed by atoms with van der Waals surface area (Å²) in [5, 5.41) is 9.15. The molecule has 0 aromatic heterocycles. The number of benzene rings is 5. The minimum Gasteiger partial charge on any atom is -0.325 e. The van der Waals surface area contributed by atoms with Gasteiger partial charge >= 0.3 is 0 Å². The van der Waals surface area contributed by atoms with Gasteiger partial charge in [0.05, 0.1) is 0 Å². The monoisotopic (exact) mass is 685 g/mol. The van der Waals surface area contributed by atoms with E-state index in [1.165, 1.54) is 11.8 Å². The highest BCUT2D eigenvalue weighted by Gasteiger charge is 2.23. The smallest absolute Gasteiger partial charge is 0.272 e. The lowest BCUT2D eigenvalue weighted by Gasteiger charge is -2.18. The van der Waals surface area contributed by atoms with Gasteiger partial charge < -0.3 is 16.0 Å². The summed E-state index contributed by atoms with van der Waals surface area (Å²) in [6.45, 7) is 0. The van der Waals surface area contributed by atoms with Gasteiger partial charge in [-0.15, -0.1) is 11.8 Å². The predicted molar refractivity (Wildman–Crippen MR) is 189 cm³/mol. The Balaban J connectivity index is 1.38. The Morgan fingerprint density at radius 1 is 0.630 bits per heavy atom. The maximum absolute atomic E-state index is 13.6. The molecule has 5 aromatic rings. The first-order chi connectivity index (χ1) is 22.2. The summed E-state index contributed by atoms with van der Waals surface area (Å²) < 4.78 is 0. The van der Waals surface area contributed by atoms with Crippen molar-refractivity contribution in [2.75, 3.05) is 10.6 Å². The Bertz CT molecular complexity index is 1880. The summed E-state index contributed by atoms with van der Waals surface area (Å²) in [6, 6.07) is 36.8. The molecule has 3 N–H and O–H groups in total. The first-order valence-corrected chi connectivity index (χ1v) is 16.0. The second-order valence-electron chi connectivity index (χ2n) is 9.97. The van der Waals surface area contributed by atoms with E-state index in [-0.39, 0.29) is 11.6 Å².